The Hall–Kier alpha value is -1.87. The van der Waals surface area contributed by atoms with Crippen molar-refractivity contribution in [2.75, 3.05) is 37.3 Å². The quantitative estimate of drug-likeness (QED) is 0.838. The first-order valence-corrected chi connectivity index (χ1v) is 7.83. The number of urea groups is 1. The third-order valence-corrected chi connectivity index (χ3v) is 4.69. The molecule has 2 amide bonds. The van der Waals surface area contributed by atoms with Crippen molar-refractivity contribution in [3.63, 3.8) is 0 Å². The maximum atomic E-state index is 11.6. The molecule has 2 heterocycles. The zero-order valence-electron chi connectivity index (χ0n) is 11.3. The molecule has 3 rings (SSSR count). The summed E-state index contributed by atoms with van der Waals surface area (Å²) in [5.74, 6) is 0. The van der Waals surface area contributed by atoms with Crippen molar-refractivity contribution in [3.05, 3.63) is 23.8 Å². The average Bonchev–Trinajstić information content (AvgIpc) is 2.87. The molecule has 0 bridgehead atoms. The van der Waals surface area contributed by atoms with E-state index in [-0.39, 0.29) is 12.1 Å². The largest absolute Gasteiger partial charge is 0.367 e. The van der Waals surface area contributed by atoms with Gasteiger partial charge in [-0.05, 0) is 18.4 Å². The van der Waals surface area contributed by atoms with Gasteiger partial charge in [-0.1, -0.05) is 6.07 Å². The Labute approximate surface area is 122 Å². The second kappa shape index (κ2) is 5.25. The lowest BCUT2D eigenvalue weighted by molar-refractivity contribution is 0.197. The molecule has 2 aliphatic rings. The molecule has 6 heteroatoms. The molecule has 104 valence electrons. The number of hydrogen-bond donors (Lipinski definition) is 1. The van der Waals surface area contributed by atoms with Gasteiger partial charge in [-0.2, -0.15) is 5.26 Å². The highest BCUT2D eigenvalue weighted by atomic mass is 32.2. The SMILES string of the molecule is CSc1cccc(N2CCN3C(=O)NCC3C2)c1C#N. The molecule has 0 aliphatic carbocycles. The van der Waals surface area contributed by atoms with Gasteiger partial charge < -0.3 is 15.1 Å². The molecule has 1 unspecified atom stereocenters. The minimum absolute atomic E-state index is 0.0352. The van der Waals surface area contributed by atoms with Gasteiger partial charge in [0.15, 0.2) is 0 Å². The van der Waals surface area contributed by atoms with Crippen LogP contribution in [-0.4, -0.2) is 49.4 Å². The number of thioether (sulfide) groups is 1. The zero-order chi connectivity index (χ0) is 14.1. The standard InChI is InChI=1S/C14H16N4OS/c1-20-13-4-2-3-12(11(13)7-15)17-5-6-18-10(9-17)8-16-14(18)19/h2-4,10H,5-6,8-9H2,1H3,(H,16,19). The van der Waals surface area contributed by atoms with Crippen LogP contribution in [0.15, 0.2) is 23.1 Å². The van der Waals surface area contributed by atoms with E-state index < -0.39 is 0 Å². The molecule has 2 fully saturated rings. The van der Waals surface area contributed by atoms with E-state index >= 15 is 0 Å². The van der Waals surface area contributed by atoms with Crippen LogP contribution in [0.25, 0.3) is 0 Å². The van der Waals surface area contributed by atoms with E-state index in [2.05, 4.69) is 16.3 Å². The van der Waals surface area contributed by atoms with Gasteiger partial charge in [0, 0.05) is 31.1 Å². The summed E-state index contributed by atoms with van der Waals surface area (Å²) >= 11 is 1.59. The lowest BCUT2D eigenvalue weighted by atomic mass is 10.1. The van der Waals surface area contributed by atoms with Gasteiger partial charge in [-0.3, -0.25) is 0 Å². The molecular weight excluding hydrogens is 272 g/mol. The van der Waals surface area contributed by atoms with Gasteiger partial charge in [0.25, 0.3) is 0 Å². The van der Waals surface area contributed by atoms with Crippen LogP contribution in [-0.2, 0) is 0 Å². The number of nitriles is 1. The minimum atomic E-state index is 0.0352. The molecule has 2 aliphatic heterocycles. The molecule has 20 heavy (non-hydrogen) atoms. The Kier molecular flexibility index (Phi) is 3.45. The maximum absolute atomic E-state index is 11.6. The molecule has 5 nitrogen and oxygen atoms in total. The average molecular weight is 288 g/mol. The van der Waals surface area contributed by atoms with Gasteiger partial charge in [-0.15, -0.1) is 11.8 Å². The smallest absolute Gasteiger partial charge is 0.317 e. The summed E-state index contributed by atoms with van der Waals surface area (Å²) < 4.78 is 0. The second-order valence-electron chi connectivity index (χ2n) is 4.95. The molecule has 0 spiro atoms. The lowest BCUT2D eigenvalue weighted by Crippen LogP contribution is -2.52. The van der Waals surface area contributed by atoms with Crippen LogP contribution < -0.4 is 10.2 Å². The summed E-state index contributed by atoms with van der Waals surface area (Å²) in [5.41, 5.74) is 1.73. The van der Waals surface area contributed by atoms with Gasteiger partial charge in [-0.25, -0.2) is 4.79 Å². The summed E-state index contributed by atoms with van der Waals surface area (Å²) in [4.78, 5) is 16.7. The van der Waals surface area contributed by atoms with Crippen LogP contribution in [0.5, 0.6) is 0 Å². The minimum Gasteiger partial charge on any atom is -0.367 e. The molecule has 0 aromatic heterocycles. The molecular formula is C14H16N4OS. The molecule has 2 saturated heterocycles. The Bertz CT molecular complexity index is 583. The van der Waals surface area contributed by atoms with E-state index in [1.807, 2.05) is 29.4 Å². The topological polar surface area (TPSA) is 59.4 Å². The molecule has 0 saturated carbocycles. The van der Waals surface area contributed by atoms with Gasteiger partial charge >= 0.3 is 6.03 Å². The van der Waals surface area contributed by atoms with Crippen molar-refractivity contribution in [3.8, 4) is 6.07 Å². The van der Waals surface area contributed by atoms with E-state index in [0.717, 1.165) is 29.2 Å². The first kappa shape index (κ1) is 13.1. The lowest BCUT2D eigenvalue weighted by Gasteiger charge is -2.38. The first-order chi connectivity index (χ1) is 9.74. The number of piperazine rings is 1. The van der Waals surface area contributed by atoms with E-state index in [0.29, 0.717) is 13.1 Å². The molecule has 1 atom stereocenters. The number of benzene rings is 1. The molecule has 1 aromatic carbocycles. The van der Waals surface area contributed by atoms with Crippen LogP contribution in [0, 0.1) is 11.3 Å². The second-order valence-corrected chi connectivity index (χ2v) is 5.79. The van der Waals surface area contributed by atoms with Gasteiger partial charge in [0.05, 0.1) is 17.3 Å². The monoisotopic (exact) mass is 288 g/mol. The summed E-state index contributed by atoms with van der Waals surface area (Å²) in [6.07, 6.45) is 1.98. The summed E-state index contributed by atoms with van der Waals surface area (Å²) in [5, 5.41) is 12.3. The van der Waals surface area contributed by atoms with Crippen LogP contribution in [0.4, 0.5) is 10.5 Å². The summed E-state index contributed by atoms with van der Waals surface area (Å²) in [7, 11) is 0. The van der Waals surface area contributed by atoms with E-state index in [1.54, 1.807) is 11.8 Å². The van der Waals surface area contributed by atoms with Crippen molar-refractivity contribution in [1.82, 2.24) is 10.2 Å². The van der Waals surface area contributed by atoms with Gasteiger partial charge in [0.1, 0.15) is 6.07 Å². The highest BCUT2D eigenvalue weighted by Crippen LogP contribution is 2.30. The molecule has 1 N–H and O–H groups in total. The Morgan fingerprint density at radius 3 is 3.05 bits per heavy atom. The van der Waals surface area contributed by atoms with Crippen molar-refractivity contribution in [2.24, 2.45) is 0 Å². The van der Waals surface area contributed by atoms with E-state index in [4.69, 9.17) is 0 Å². The molecule has 0 radical (unpaired) electrons. The summed E-state index contributed by atoms with van der Waals surface area (Å²) in [6.45, 7) is 2.96. The highest BCUT2D eigenvalue weighted by Gasteiger charge is 2.36. The van der Waals surface area contributed by atoms with E-state index in [1.165, 1.54) is 0 Å². The number of carbonyl (C=O) groups is 1. The summed E-state index contributed by atoms with van der Waals surface area (Å²) in [6, 6.07) is 8.53. The maximum Gasteiger partial charge on any atom is 0.317 e. The number of carbonyl (C=O) groups excluding carboxylic acids is 1. The van der Waals surface area contributed by atoms with Crippen LogP contribution >= 0.6 is 11.8 Å². The number of nitrogens with one attached hydrogen (secondary N) is 1. The number of rotatable bonds is 2. The van der Waals surface area contributed by atoms with Crippen LogP contribution in [0.3, 0.4) is 0 Å². The first-order valence-electron chi connectivity index (χ1n) is 6.61. The number of nitrogens with zero attached hydrogens (tertiary/aromatic N) is 3. The van der Waals surface area contributed by atoms with Crippen LogP contribution in [0.1, 0.15) is 5.56 Å². The predicted octanol–water partition coefficient (Wildman–Crippen LogP) is 1.49. The predicted molar refractivity (Wildman–Crippen MR) is 79.0 cm³/mol. The Morgan fingerprint density at radius 2 is 2.30 bits per heavy atom. The fourth-order valence-electron chi connectivity index (χ4n) is 2.89. The van der Waals surface area contributed by atoms with Gasteiger partial charge in [0.2, 0.25) is 0 Å². The zero-order valence-corrected chi connectivity index (χ0v) is 12.1. The number of anilines is 1. The number of fused-ring (bicyclic) bond motifs is 1. The third-order valence-electron chi connectivity index (χ3n) is 3.91. The van der Waals surface area contributed by atoms with Crippen molar-refractivity contribution in [1.29, 1.82) is 5.26 Å². The number of amides is 2. The van der Waals surface area contributed by atoms with Crippen molar-refractivity contribution in [2.45, 2.75) is 10.9 Å². The highest BCUT2D eigenvalue weighted by molar-refractivity contribution is 7.98. The van der Waals surface area contributed by atoms with Crippen LogP contribution in [0.2, 0.25) is 0 Å². The van der Waals surface area contributed by atoms with Crippen molar-refractivity contribution < 1.29 is 4.79 Å². The number of hydrogen-bond acceptors (Lipinski definition) is 4. The Balaban J connectivity index is 1.88. The third kappa shape index (κ3) is 2.08. The molecule has 1 aromatic rings. The normalized spacial score (nSPS) is 21.4. The van der Waals surface area contributed by atoms with E-state index in [9.17, 15) is 10.1 Å². The van der Waals surface area contributed by atoms with Crippen molar-refractivity contribution >= 4 is 23.5 Å². The fourth-order valence-corrected chi connectivity index (χ4v) is 3.46. The Morgan fingerprint density at radius 1 is 1.45 bits per heavy atom. The fraction of sp³-hybridized carbons (Fsp3) is 0.429.